The number of rotatable bonds is 8. The summed E-state index contributed by atoms with van der Waals surface area (Å²) in [5, 5.41) is 2.85. The number of carbonyl (C=O) groups is 1. The first-order valence-corrected chi connectivity index (χ1v) is 11.5. The van der Waals surface area contributed by atoms with Crippen LogP contribution >= 0.6 is 0 Å². The van der Waals surface area contributed by atoms with Gasteiger partial charge in [-0.1, -0.05) is 0 Å². The van der Waals surface area contributed by atoms with Gasteiger partial charge in [-0.25, -0.2) is 13.4 Å². The van der Waals surface area contributed by atoms with Crippen LogP contribution < -0.4 is 14.8 Å². The minimum atomic E-state index is -3.80. The van der Waals surface area contributed by atoms with Crippen LogP contribution in [0.25, 0.3) is 11.0 Å². The highest BCUT2D eigenvalue weighted by Gasteiger charge is 2.24. The van der Waals surface area contributed by atoms with E-state index in [1.54, 1.807) is 18.2 Å². The number of hydrogen-bond donors (Lipinski definition) is 1. The molecule has 0 atom stereocenters. The third-order valence-corrected chi connectivity index (χ3v) is 6.88. The molecule has 1 N–H and O–H groups in total. The number of benzene rings is 2. The number of aromatic nitrogens is 2. The maximum atomic E-state index is 13.1. The van der Waals surface area contributed by atoms with Crippen LogP contribution in [0.4, 0.5) is 0 Å². The van der Waals surface area contributed by atoms with Gasteiger partial charge in [-0.3, -0.25) is 4.79 Å². The molecule has 1 amide bonds. The van der Waals surface area contributed by atoms with E-state index in [4.69, 9.17) is 9.47 Å². The lowest BCUT2D eigenvalue weighted by molar-refractivity contribution is 0.0943. The molecule has 0 radical (unpaired) electrons. The van der Waals surface area contributed by atoms with Crippen molar-refractivity contribution in [2.24, 2.45) is 7.05 Å². The van der Waals surface area contributed by atoms with Gasteiger partial charge in [0.05, 0.1) is 36.7 Å². The zero-order valence-corrected chi connectivity index (χ0v) is 19.9. The third kappa shape index (κ3) is 4.56. The van der Waals surface area contributed by atoms with Crippen molar-refractivity contribution in [3.8, 4) is 11.5 Å². The molecule has 2 aromatic carbocycles. The van der Waals surface area contributed by atoms with Crippen molar-refractivity contribution in [1.82, 2.24) is 19.2 Å². The summed E-state index contributed by atoms with van der Waals surface area (Å²) in [5.74, 6) is 1.15. The molecule has 32 heavy (non-hydrogen) atoms. The minimum Gasteiger partial charge on any atom is -0.493 e. The SMILES string of the molecule is COc1ccc(S(=O)(=O)N(C)Cc2nc3cc(C(=O)NC(C)C)ccc3n2C)cc1OC. The number of nitrogens with one attached hydrogen (secondary N) is 1. The molecule has 172 valence electrons. The number of aryl methyl sites for hydroxylation is 1. The molecule has 3 aromatic rings. The maximum absolute atomic E-state index is 13.1. The van der Waals surface area contributed by atoms with Crippen molar-refractivity contribution in [2.75, 3.05) is 21.3 Å². The zero-order valence-electron chi connectivity index (χ0n) is 19.0. The normalized spacial score (nSPS) is 11.9. The van der Waals surface area contributed by atoms with E-state index in [1.165, 1.54) is 37.7 Å². The van der Waals surface area contributed by atoms with E-state index >= 15 is 0 Å². The molecule has 0 saturated carbocycles. The molecule has 9 nitrogen and oxygen atoms in total. The Morgan fingerprint density at radius 2 is 1.81 bits per heavy atom. The van der Waals surface area contributed by atoms with Crippen molar-refractivity contribution in [2.45, 2.75) is 31.3 Å². The van der Waals surface area contributed by atoms with E-state index in [-0.39, 0.29) is 23.4 Å². The molecule has 0 saturated heterocycles. The summed E-state index contributed by atoms with van der Waals surface area (Å²) < 4.78 is 39.7. The van der Waals surface area contributed by atoms with Gasteiger partial charge in [-0.15, -0.1) is 0 Å². The van der Waals surface area contributed by atoms with Gasteiger partial charge in [0.1, 0.15) is 5.82 Å². The van der Waals surface area contributed by atoms with E-state index in [9.17, 15) is 13.2 Å². The molecule has 0 spiro atoms. The van der Waals surface area contributed by atoms with Crippen molar-refractivity contribution < 1.29 is 22.7 Å². The Labute approximate surface area is 188 Å². The fourth-order valence-corrected chi connectivity index (χ4v) is 4.46. The molecular weight excluding hydrogens is 432 g/mol. The number of nitrogens with zero attached hydrogens (tertiary/aromatic N) is 3. The van der Waals surface area contributed by atoms with Crippen LogP contribution in [0.3, 0.4) is 0 Å². The van der Waals surface area contributed by atoms with Crippen molar-refractivity contribution in [3.05, 3.63) is 47.8 Å². The highest BCUT2D eigenvalue weighted by atomic mass is 32.2. The van der Waals surface area contributed by atoms with E-state index < -0.39 is 10.0 Å². The van der Waals surface area contributed by atoms with E-state index in [1.807, 2.05) is 31.5 Å². The summed E-state index contributed by atoms with van der Waals surface area (Å²) in [5.41, 5.74) is 1.93. The molecule has 0 aliphatic heterocycles. The van der Waals surface area contributed by atoms with Crippen molar-refractivity contribution in [3.63, 3.8) is 0 Å². The molecular formula is C22H28N4O5S. The molecule has 0 fully saturated rings. The smallest absolute Gasteiger partial charge is 0.251 e. The predicted octanol–water partition coefficient (Wildman–Crippen LogP) is 2.55. The minimum absolute atomic E-state index is 0.0212. The Bertz CT molecular complexity index is 1250. The zero-order chi connectivity index (χ0) is 23.6. The van der Waals surface area contributed by atoms with Gasteiger partial charge in [-0.05, 0) is 44.2 Å². The first-order chi connectivity index (χ1) is 15.1. The Morgan fingerprint density at radius 3 is 2.44 bits per heavy atom. The lowest BCUT2D eigenvalue weighted by Gasteiger charge is -2.18. The summed E-state index contributed by atoms with van der Waals surface area (Å²) in [6.07, 6.45) is 0. The highest BCUT2D eigenvalue weighted by molar-refractivity contribution is 7.89. The fourth-order valence-electron chi connectivity index (χ4n) is 3.32. The molecule has 3 rings (SSSR count). The number of amides is 1. The van der Waals surface area contributed by atoms with E-state index in [2.05, 4.69) is 10.3 Å². The number of methoxy groups -OCH3 is 2. The molecule has 10 heteroatoms. The van der Waals surface area contributed by atoms with Crippen LogP contribution in [0.2, 0.25) is 0 Å². The monoisotopic (exact) mass is 460 g/mol. The number of imidazole rings is 1. The summed E-state index contributed by atoms with van der Waals surface area (Å²) in [7, 11) is 2.44. The van der Waals surface area contributed by atoms with Gasteiger partial charge < -0.3 is 19.4 Å². The molecule has 0 aliphatic carbocycles. The fraction of sp³-hybridized carbons (Fsp3) is 0.364. The van der Waals surface area contributed by atoms with Crippen LogP contribution in [0.15, 0.2) is 41.3 Å². The van der Waals surface area contributed by atoms with Crippen LogP contribution in [0, 0.1) is 0 Å². The average molecular weight is 461 g/mol. The lowest BCUT2D eigenvalue weighted by atomic mass is 10.2. The van der Waals surface area contributed by atoms with Gasteiger partial charge in [0.15, 0.2) is 11.5 Å². The van der Waals surface area contributed by atoms with E-state index in [0.29, 0.717) is 28.4 Å². The number of carbonyl (C=O) groups excluding carboxylic acids is 1. The highest BCUT2D eigenvalue weighted by Crippen LogP contribution is 2.30. The second-order valence-corrected chi connectivity index (χ2v) is 9.74. The number of sulfonamides is 1. The van der Waals surface area contributed by atoms with Crippen LogP contribution in [-0.2, 0) is 23.6 Å². The molecule has 0 aliphatic rings. The van der Waals surface area contributed by atoms with Crippen LogP contribution in [0.1, 0.15) is 30.0 Å². The second-order valence-electron chi connectivity index (χ2n) is 7.70. The molecule has 1 heterocycles. The van der Waals surface area contributed by atoms with Gasteiger partial charge in [0, 0.05) is 31.8 Å². The Balaban J connectivity index is 1.89. The first kappa shape index (κ1) is 23.6. The molecule has 0 bridgehead atoms. The average Bonchev–Trinajstić information content (AvgIpc) is 3.07. The van der Waals surface area contributed by atoms with Crippen LogP contribution in [-0.4, -0.2) is 55.5 Å². The summed E-state index contributed by atoms with van der Waals surface area (Å²) >= 11 is 0. The standard InChI is InChI=1S/C22H28N4O5S/c1-14(2)23-22(27)15-7-9-18-17(11-15)24-21(26(18)4)13-25(3)32(28,29)16-8-10-19(30-5)20(12-16)31-6/h7-12,14H,13H2,1-6H3,(H,23,27). The topological polar surface area (TPSA) is 103 Å². The summed E-state index contributed by atoms with van der Waals surface area (Å²) in [6, 6.07) is 9.73. The second kappa shape index (κ2) is 9.17. The van der Waals surface area contributed by atoms with Crippen LogP contribution in [0.5, 0.6) is 11.5 Å². The Kier molecular flexibility index (Phi) is 6.75. The van der Waals surface area contributed by atoms with Crippen molar-refractivity contribution in [1.29, 1.82) is 0 Å². The lowest BCUT2D eigenvalue weighted by Crippen LogP contribution is -2.29. The van der Waals surface area contributed by atoms with Gasteiger partial charge >= 0.3 is 0 Å². The Morgan fingerprint density at radius 1 is 1.12 bits per heavy atom. The van der Waals surface area contributed by atoms with Gasteiger partial charge in [-0.2, -0.15) is 4.31 Å². The Hall–Kier alpha value is -3.11. The summed E-state index contributed by atoms with van der Waals surface area (Å²) in [4.78, 5) is 17.0. The number of hydrogen-bond acceptors (Lipinski definition) is 6. The van der Waals surface area contributed by atoms with Crippen molar-refractivity contribution >= 4 is 27.0 Å². The van der Waals surface area contributed by atoms with Gasteiger partial charge in [0.25, 0.3) is 5.91 Å². The quantitative estimate of drug-likeness (QED) is 0.554. The predicted molar refractivity (Wildman–Crippen MR) is 122 cm³/mol. The van der Waals surface area contributed by atoms with E-state index in [0.717, 1.165) is 5.52 Å². The largest absolute Gasteiger partial charge is 0.493 e. The van der Waals surface area contributed by atoms with Gasteiger partial charge in [0.2, 0.25) is 10.0 Å². The number of fused-ring (bicyclic) bond motifs is 1. The maximum Gasteiger partial charge on any atom is 0.251 e. The molecule has 1 aromatic heterocycles. The third-order valence-electron chi connectivity index (χ3n) is 5.08. The first-order valence-electron chi connectivity index (χ1n) is 10.0. The number of ether oxygens (including phenoxy) is 2. The summed E-state index contributed by atoms with van der Waals surface area (Å²) in [6.45, 7) is 3.84. The molecule has 0 unspecified atom stereocenters.